The van der Waals surface area contributed by atoms with Gasteiger partial charge in [0.05, 0.1) is 11.4 Å². The number of carbonyl (C=O) groups is 1. The number of hydrogen-bond donors (Lipinski definition) is 1. The number of anilines is 1. The highest BCUT2D eigenvalue weighted by Gasteiger charge is 2.36. The quantitative estimate of drug-likeness (QED) is 0.607. The van der Waals surface area contributed by atoms with E-state index < -0.39 is 10.0 Å². The number of nitrogens with zero attached hydrogens (tertiary/aromatic N) is 1. The fourth-order valence-electron chi connectivity index (χ4n) is 3.42. The Morgan fingerprint density at radius 2 is 1.73 bits per heavy atom. The Balaban J connectivity index is 1.41. The molecule has 7 heteroatoms. The van der Waals surface area contributed by atoms with Gasteiger partial charge in [0.1, 0.15) is 11.5 Å². The van der Waals surface area contributed by atoms with E-state index in [4.69, 9.17) is 4.42 Å². The van der Waals surface area contributed by atoms with Gasteiger partial charge in [-0.2, -0.15) is 0 Å². The van der Waals surface area contributed by atoms with Crippen LogP contribution in [-0.4, -0.2) is 26.3 Å². The lowest BCUT2D eigenvalue weighted by Gasteiger charge is -2.16. The molecule has 2 aromatic carbocycles. The zero-order valence-electron chi connectivity index (χ0n) is 16.9. The molecule has 1 N–H and O–H groups in total. The van der Waals surface area contributed by atoms with E-state index in [0.717, 1.165) is 17.9 Å². The lowest BCUT2D eigenvalue weighted by molar-refractivity contribution is 0.0774. The van der Waals surface area contributed by atoms with Gasteiger partial charge in [0.2, 0.25) is 0 Å². The number of rotatable bonds is 7. The molecule has 0 bridgehead atoms. The van der Waals surface area contributed by atoms with Crippen LogP contribution in [0.4, 0.5) is 5.69 Å². The molecule has 3 aromatic rings. The highest BCUT2D eigenvalue weighted by Crippen LogP contribution is 2.47. The molecule has 1 saturated carbocycles. The standard InChI is InChI=1S/C23H24N2O4S/c1-16-14-21(16)22-13-10-19(29-22)15-25(2)23(26)17-8-11-20(12-9-17)30(27,28)24-18-6-4-3-5-7-18/h3-13,16,21,24H,14-15H2,1-2H3/t16-,21-/m1/s1. The van der Waals surface area contributed by atoms with Gasteiger partial charge in [-0.15, -0.1) is 0 Å². The van der Waals surface area contributed by atoms with Gasteiger partial charge in [-0.3, -0.25) is 9.52 Å². The molecule has 0 aliphatic heterocycles. The lowest BCUT2D eigenvalue weighted by Crippen LogP contribution is -2.26. The van der Waals surface area contributed by atoms with E-state index in [-0.39, 0.29) is 10.8 Å². The van der Waals surface area contributed by atoms with Crippen molar-refractivity contribution in [1.29, 1.82) is 0 Å². The molecule has 1 aliphatic carbocycles. The summed E-state index contributed by atoms with van der Waals surface area (Å²) in [5, 5.41) is 0. The third-order valence-electron chi connectivity index (χ3n) is 5.33. The molecule has 0 spiro atoms. The lowest BCUT2D eigenvalue weighted by atomic mass is 10.2. The molecule has 30 heavy (non-hydrogen) atoms. The molecule has 1 amide bonds. The second-order valence-electron chi connectivity index (χ2n) is 7.78. The van der Waals surface area contributed by atoms with Crippen LogP contribution in [0.5, 0.6) is 0 Å². The third-order valence-corrected chi connectivity index (χ3v) is 6.73. The van der Waals surface area contributed by atoms with E-state index >= 15 is 0 Å². The summed E-state index contributed by atoms with van der Waals surface area (Å²) in [4.78, 5) is 14.4. The summed E-state index contributed by atoms with van der Waals surface area (Å²) in [7, 11) is -2.02. The summed E-state index contributed by atoms with van der Waals surface area (Å²) < 4.78 is 33.4. The van der Waals surface area contributed by atoms with E-state index in [9.17, 15) is 13.2 Å². The minimum absolute atomic E-state index is 0.0970. The summed E-state index contributed by atoms with van der Waals surface area (Å²) in [6.45, 7) is 2.55. The van der Waals surface area contributed by atoms with Gasteiger partial charge in [0.25, 0.3) is 15.9 Å². The molecule has 0 unspecified atom stereocenters. The van der Waals surface area contributed by atoms with E-state index in [1.54, 1.807) is 36.2 Å². The SMILES string of the molecule is C[C@@H]1C[C@H]1c1ccc(CN(C)C(=O)c2ccc(S(=O)(=O)Nc3ccccc3)cc2)o1. The van der Waals surface area contributed by atoms with Crippen LogP contribution in [0.3, 0.4) is 0 Å². The van der Waals surface area contributed by atoms with Crippen molar-refractivity contribution in [3.05, 3.63) is 83.8 Å². The highest BCUT2D eigenvalue weighted by atomic mass is 32.2. The molecule has 2 atom stereocenters. The Morgan fingerprint density at radius 1 is 1.07 bits per heavy atom. The Morgan fingerprint density at radius 3 is 2.37 bits per heavy atom. The first-order valence-corrected chi connectivity index (χ1v) is 11.3. The Kier molecular flexibility index (Phi) is 5.39. The van der Waals surface area contributed by atoms with Gasteiger partial charge in [0.15, 0.2) is 0 Å². The van der Waals surface area contributed by atoms with Gasteiger partial charge in [-0.05, 0) is 60.9 Å². The molecule has 0 radical (unpaired) electrons. The predicted octanol–water partition coefficient (Wildman–Crippen LogP) is 4.48. The van der Waals surface area contributed by atoms with Crippen molar-refractivity contribution in [2.75, 3.05) is 11.8 Å². The highest BCUT2D eigenvalue weighted by molar-refractivity contribution is 7.92. The molecule has 6 nitrogen and oxygen atoms in total. The van der Waals surface area contributed by atoms with E-state index in [0.29, 0.717) is 29.6 Å². The molecule has 1 heterocycles. The predicted molar refractivity (Wildman–Crippen MR) is 115 cm³/mol. The fraction of sp³-hybridized carbons (Fsp3) is 0.261. The van der Waals surface area contributed by atoms with Crippen molar-refractivity contribution >= 4 is 21.6 Å². The monoisotopic (exact) mass is 424 g/mol. The fourth-order valence-corrected chi connectivity index (χ4v) is 4.48. The van der Waals surface area contributed by atoms with Crippen molar-refractivity contribution in [3.63, 3.8) is 0 Å². The van der Waals surface area contributed by atoms with Crippen LogP contribution in [0, 0.1) is 5.92 Å². The molecule has 4 rings (SSSR count). The van der Waals surface area contributed by atoms with Gasteiger partial charge >= 0.3 is 0 Å². The van der Waals surface area contributed by atoms with Crippen molar-refractivity contribution in [2.24, 2.45) is 5.92 Å². The van der Waals surface area contributed by atoms with Gasteiger partial charge in [0, 0.05) is 24.2 Å². The third kappa shape index (κ3) is 4.41. The van der Waals surface area contributed by atoms with Crippen LogP contribution < -0.4 is 4.72 Å². The number of nitrogens with one attached hydrogen (secondary N) is 1. The maximum Gasteiger partial charge on any atom is 0.261 e. The maximum atomic E-state index is 12.7. The zero-order chi connectivity index (χ0) is 21.3. The van der Waals surface area contributed by atoms with Crippen LogP contribution in [0.15, 0.2) is 76.0 Å². The number of hydrogen-bond acceptors (Lipinski definition) is 4. The molecule has 1 aliphatic rings. The first-order valence-electron chi connectivity index (χ1n) is 9.85. The Bertz CT molecular complexity index is 1140. The topological polar surface area (TPSA) is 79.6 Å². The van der Waals surface area contributed by atoms with Gasteiger partial charge < -0.3 is 9.32 Å². The molecular formula is C23H24N2O4S. The van der Waals surface area contributed by atoms with E-state index in [1.807, 2.05) is 18.2 Å². The van der Waals surface area contributed by atoms with Crippen LogP contribution in [0.1, 0.15) is 41.1 Å². The second kappa shape index (κ2) is 7.99. The number of para-hydroxylation sites is 1. The van der Waals surface area contributed by atoms with Crippen LogP contribution >= 0.6 is 0 Å². The number of carbonyl (C=O) groups excluding carboxylic acids is 1. The summed E-state index contributed by atoms with van der Waals surface area (Å²) in [5.74, 6) is 2.69. The first-order chi connectivity index (χ1) is 14.3. The molecule has 1 fully saturated rings. The van der Waals surface area contributed by atoms with E-state index in [2.05, 4.69) is 11.6 Å². The summed E-state index contributed by atoms with van der Waals surface area (Å²) in [6, 6.07) is 18.5. The van der Waals surface area contributed by atoms with Crippen molar-refractivity contribution in [3.8, 4) is 0 Å². The number of sulfonamides is 1. The number of benzene rings is 2. The van der Waals surface area contributed by atoms with Gasteiger partial charge in [-0.25, -0.2) is 8.42 Å². The van der Waals surface area contributed by atoms with E-state index in [1.165, 1.54) is 24.3 Å². The Labute approximate surface area is 176 Å². The average Bonchev–Trinajstić information content (AvgIpc) is 3.28. The van der Waals surface area contributed by atoms with Gasteiger partial charge in [-0.1, -0.05) is 25.1 Å². The molecular weight excluding hydrogens is 400 g/mol. The van der Waals surface area contributed by atoms with Crippen molar-refractivity contribution in [1.82, 2.24) is 4.90 Å². The largest absolute Gasteiger partial charge is 0.464 e. The molecule has 0 saturated heterocycles. The zero-order valence-corrected chi connectivity index (χ0v) is 17.7. The Hall–Kier alpha value is -3.06. The van der Waals surface area contributed by atoms with Crippen LogP contribution in [0.25, 0.3) is 0 Å². The summed E-state index contributed by atoms with van der Waals surface area (Å²) >= 11 is 0. The minimum Gasteiger partial charge on any atom is -0.464 e. The summed E-state index contributed by atoms with van der Waals surface area (Å²) in [5.41, 5.74) is 0.898. The molecule has 156 valence electrons. The van der Waals surface area contributed by atoms with Crippen LogP contribution in [-0.2, 0) is 16.6 Å². The number of furan rings is 1. The summed E-state index contributed by atoms with van der Waals surface area (Å²) in [6.07, 6.45) is 1.15. The maximum absolute atomic E-state index is 12.7. The van der Waals surface area contributed by atoms with Crippen LogP contribution in [0.2, 0.25) is 0 Å². The minimum atomic E-state index is -3.72. The molecule has 1 aromatic heterocycles. The second-order valence-corrected chi connectivity index (χ2v) is 9.46. The smallest absolute Gasteiger partial charge is 0.261 e. The normalized spacial score (nSPS) is 18.1. The first kappa shape index (κ1) is 20.2. The average molecular weight is 425 g/mol. The van der Waals surface area contributed by atoms with Crippen molar-refractivity contribution < 1.29 is 17.6 Å². The number of amides is 1. The van der Waals surface area contributed by atoms with Crippen molar-refractivity contribution in [2.45, 2.75) is 30.7 Å².